The van der Waals surface area contributed by atoms with Gasteiger partial charge in [0.25, 0.3) is 5.91 Å². The van der Waals surface area contributed by atoms with Crippen molar-refractivity contribution in [3.05, 3.63) is 11.3 Å². The van der Waals surface area contributed by atoms with Gasteiger partial charge in [-0.15, -0.1) is 11.8 Å². The second-order valence-electron chi connectivity index (χ2n) is 5.72. The van der Waals surface area contributed by atoms with Crippen molar-refractivity contribution in [2.75, 3.05) is 12.4 Å². The molecule has 2 heterocycles. The average molecular weight is 408 g/mol. The van der Waals surface area contributed by atoms with Gasteiger partial charge in [0.15, 0.2) is 0 Å². The number of carbonyl (C=O) groups is 5. The largest absolute Gasteiger partial charge is 1.00 e. The summed E-state index contributed by atoms with van der Waals surface area (Å²) >= 11 is 1.25. The van der Waals surface area contributed by atoms with Crippen molar-refractivity contribution in [3.8, 4) is 0 Å². The molecule has 0 aromatic rings. The van der Waals surface area contributed by atoms with Crippen LogP contribution in [-0.2, 0) is 28.7 Å². The Hall–Kier alpha value is -1.56. The Morgan fingerprint density at radius 1 is 1.33 bits per heavy atom. The maximum absolute atomic E-state index is 12.3. The molecule has 0 aliphatic carbocycles. The SMILES string of the molecule is CC(=O)OCC1=C(C(=O)O)N2C(=O)[C@@H](NC(=O)CCCC(=O)[O-])[C@H]2SC1.[Na+]. The zero-order valence-corrected chi connectivity index (χ0v) is 17.7. The summed E-state index contributed by atoms with van der Waals surface area (Å²) in [5.74, 6) is -3.97. The van der Waals surface area contributed by atoms with Gasteiger partial charge in [-0.1, -0.05) is 0 Å². The average Bonchev–Trinajstić information content (AvgIpc) is 2.56. The Labute approximate surface area is 181 Å². The van der Waals surface area contributed by atoms with Gasteiger partial charge >= 0.3 is 41.5 Å². The van der Waals surface area contributed by atoms with Crippen LogP contribution in [0.5, 0.6) is 0 Å². The molecule has 0 aromatic heterocycles. The Kier molecular flexibility index (Phi) is 8.79. The van der Waals surface area contributed by atoms with Crippen molar-refractivity contribution in [2.45, 2.75) is 37.6 Å². The summed E-state index contributed by atoms with van der Waals surface area (Å²) in [5.41, 5.74) is 0.0727. The van der Waals surface area contributed by atoms with Gasteiger partial charge in [0.1, 0.15) is 23.7 Å². The first kappa shape index (κ1) is 23.5. The number of hydrogen-bond acceptors (Lipinski definition) is 8. The van der Waals surface area contributed by atoms with E-state index in [9.17, 15) is 34.2 Å². The molecule has 2 aliphatic heterocycles. The number of carboxylic acids is 2. The van der Waals surface area contributed by atoms with Gasteiger partial charge in [-0.25, -0.2) is 4.79 Å². The van der Waals surface area contributed by atoms with Crippen molar-refractivity contribution >= 4 is 41.5 Å². The molecule has 1 saturated heterocycles. The van der Waals surface area contributed by atoms with E-state index in [4.69, 9.17) is 4.74 Å². The number of fused-ring (bicyclic) bond motifs is 1. The molecule has 0 aromatic carbocycles. The Morgan fingerprint density at radius 3 is 2.56 bits per heavy atom. The molecular weight excluding hydrogens is 391 g/mol. The molecule has 0 spiro atoms. The predicted molar refractivity (Wildman–Crippen MR) is 85.2 cm³/mol. The molecule has 142 valence electrons. The van der Waals surface area contributed by atoms with E-state index in [0.29, 0.717) is 5.57 Å². The summed E-state index contributed by atoms with van der Waals surface area (Å²) < 4.78 is 4.83. The zero-order valence-electron chi connectivity index (χ0n) is 14.9. The summed E-state index contributed by atoms with van der Waals surface area (Å²) in [7, 11) is 0. The minimum atomic E-state index is -1.32. The normalized spacial score (nSPS) is 20.8. The maximum atomic E-state index is 12.3. The number of ether oxygens (including phenoxy) is 1. The first-order valence-corrected chi connectivity index (χ1v) is 8.79. The van der Waals surface area contributed by atoms with Crippen LogP contribution in [0.3, 0.4) is 0 Å². The Balaban J connectivity index is 0.00000364. The summed E-state index contributed by atoms with van der Waals surface area (Å²) in [6.07, 6.45) is -0.250. The molecule has 2 N–H and O–H groups in total. The van der Waals surface area contributed by atoms with Crippen LogP contribution in [0.1, 0.15) is 26.2 Å². The van der Waals surface area contributed by atoms with Crippen molar-refractivity contribution in [1.82, 2.24) is 10.2 Å². The number of carboxylic acid groups (broad SMARTS) is 2. The smallest absolute Gasteiger partial charge is 0.550 e. The topological polar surface area (TPSA) is 153 Å². The maximum Gasteiger partial charge on any atom is 1.00 e. The quantitative estimate of drug-likeness (QED) is 0.229. The fraction of sp³-hybridized carbons (Fsp3) is 0.533. The van der Waals surface area contributed by atoms with Crippen LogP contribution in [0.25, 0.3) is 0 Å². The number of hydrogen-bond donors (Lipinski definition) is 2. The third-order valence-electron chi connectivity index (χ3n) is 3.80. The van der Waals surface area contributed by atoms with Gasteiger partial charge in [-0.2, -0.15) is 0 Å². The molecule has 27 heavy (non-hydrogen) atoms. The molecule has 2 aliphatic rings. The molecule has 0 unspecified atom stereocenters. The molecule has 1 fully saturated rings. The van der Waals surface area contributed by atoms with Crippen molar-refractivity contribution in [2.24, 2.45) is 0 Å². The number of carbonyl (C=O) groups excluding carboxylic acids is 4. The first-order valence-electron chi connectivity index (χ1n) is 7.75. The minimum Gasteiger partial charge on any atom is -0.550 e. The zero-order chi connectivity index (χ0) is 19.4. The van der Waals surface area contributed by atoms with Crippen LogP contribution in [0.15, 0.2) is 11.3 Å². The number of β-lactam (4-membered cyclic amide) rings is 1. The fourth-order valence-corrected chi connectivity index (χ4v) is 3.95. The van der Waals surface area contributed by atoms with Crippen LogP contribution in [0.2, 0.25) is 0 Å². The van der Waals surface area contributed by atoms with Gasteiger partial charge in [-0.05, 0) is 12.8 Å². The van der Waals surface area contributed by atoms with Crippen molar-refractivity contribution < 1.29 is 68.5 Å². The standard InChI is InChI=1S/C15H18N2O8S.Na/c1-7(18)25-5-8-6-26-14-11(13(22)17(14)12(8)15(23)24)16-9(19)3-2-4-10(20)21;/h11,14H,2-6H2,1H3,(H,16,19)(H,20,21)(H,23,24);/q;+1/p-1/t11-,14-;/m1./s1. The summed E-state index contributed by atoms with van der Waals surface area (Å²) in [5, 5.41) is 21.7. The molecule has 2 amide bonds. The van der Waals surface area contributed by atoms with E-state index in [0.717, 1.165) is 4.90 Å². The summed E-state index contributed by atoms with van der Waals surface area (Å²) in [6, 6.07) is -0.875. The molecule has 12 heteroatoms. The third-order valence-corrected chi connectivity index (χ3v) is 5.14. The number of esters is 1. The van der Waals surface area contributed by atoms with Crippen molar-refractivity contribution in [1.29, 1.82) is 0 Å². The van der Waals surface area contributed by atoms with E-state index in [1.165, 1.54) is 18.7 Å². The number of rotatable bonds is 8. The molecule has 0 bridgehead atoms. The summed E-state index contributed by atoms with van der Waals surface area (Å²) in [6.45, 7) is 0.973. The van der Waals surface area contributed by atoms with Crippen LogP contribution < -0.4 is 40.0 Å². The van der Waals surface area contributed by atoms with E-state index in [2.05, 4.69) is 5.32 Å². The number of nitrogens with zero attached hydrogens (tertiary/aromatic N) is 1. The third kappa shape index (κ3) is 5.71. The molecule has 0 saturated carbocycles. The summed E-state index contributed by atoms with van der Waals surface area (Å²) in [4.78, 5) is 58.0. The Morgan fingerprint density at radius 2 is 2.00 bits per heavy atom. The second-order valence-corrected chi connectivity index (χ2v) is 6.82. The van der Waals surface area contributed by atoms with Crippen LogP contribution in [0, 0.1) is 0 Å². The Bertz CT molecular complexity index is 695. The van der Waals surface area contributed by atoms with Gasteiger partial charge in [0, 0.05) is 30.6 Å². The second kappa shape index (κ2) is 10.1. The first-order chi connectivity index (χ1) is 12.2. The monoisotopic (exact) mass is 408 g/mol. The fourth-order valence-electron chi connectivity index (χ4n) is 2.62. The van der Waals surface area contributed by atoms with Crippen LogP contribution >= 0.6 is 11.8 Å². The number of aliphatic carboxylic acids is 2. The molecule has 2 atom stereocenters. The van der Waals surface area contributed by atoms with Crippen molar-refractivity contribution in [3.63, 3.8) is 0 Å². The number of amides is 2. The van der Waals surface area contributed by atoms with Gasteiger partial charge in [0.05, 0.1) is 0 Å². The predicted octanol–water partition coefficient (Wildman–Crippen LogP) is -4.79. The number of thioether (sulfide) groups is 1. The van der Waals surface area contributed by atoms with E-state index >= 15 is 0 Å². The number of nitrogens with one attached hydrogen (secondary N) is 1. The molecule has 2 rings (SSSR count). The van der Waals surface area contributed by atoms with Gasteiger partial charge in [0.2, 0.25) is 5.91 Å². The van der Waals surface area contributed by atoms with Crippen LogP contribution in [-0.4, -0.2) is 63.5 Å². The molecule has 0 radical (unpaired) electrons. The van der Waals surface area contributed by atoms with E-state index in [1.807, 2.05) is 0 Å². The van der Waals surface area contributed by atoms with E-state index < -0.39 is 41.1 Å². The molecular formula is C15H17N2NaO8S. The van der Waals surface area contributed by atoms with Gasteiger partial charge in [-0.3, -0.25) is 19.3 Å². The van der Waals surface area contributed by atoms with E-state index in [-0.39, 0.29) is 66.9 Å². The van der Waals surface area contributed by atoms with E-state index in [1.54, 1.807) is 0 Å². The molecule has 10 nitrogen and oxygen atoms in total. The van der Waals surface area contributed by atoms with Crippen LogP contribution in [0.4, 0.5) is 0 Å². The minimum absolute atomic E-state index is 0. The van der Waals surface area contributed by atoms with Gasteiger partial charge < -0.3 is 25.1 Å².